The molecule has 3 fully saturated rings. The van der Waals surface area contributed by atoms with Crippen molar-refractivity contribution >= 4 is 43.9 Å². The van der Waals surface area contributed by atoms with Crippen LogP contribution in [0.1, 0.15) is 44.0 Å². The van der Waals surface area contributed by atoms with Crippen LogP contribution in [0.3, 0.4) is 0 Å². The normalized spacial score (nSPS) is 22.6. The number of sulfonamides is 1. The number of hydrogen-bond acceptors (Lipinski definition) is 9. The fourth-order valence-corrected chi connectivity index (χ4v) is 7.80. The Hall–Kier alpha value is -3.26. The number of anilines is 1. The number of benzene rings is 1. The van der Waals surface area contributed by atoms with Crippen molar-refractivity contribution in [3.63, 3.8) is 0 Å². The van der Waals surface area contributed by atoms with E-state index in [4.69, 9.17) is 12.3 Å². The molecule has 2 bridgehead atoms. The van der Waals surface area contributed by atoms with Crippen LogP contribution in [0.4, 0.5) is 14.5 Å². The van der Waals surface area contributed by atoms with Gasteiger partial charge in [-0.25, -0.2) is 23.8 Å². The minimum Gasteiger partial charge on any atom is -0.366 e. The van der Waals surface area contributed by atoms with Crippen molar-refractivity contribution in [2.75, 3.05) is 18.0 Å². The number of nitrogens with two attached hydrogens (primary N) is 1. The molecule has 0 radical (unpaired) electrons. The number of nitrogens with one attached hydrogen (secondary N) is 1. The van der Waals surface area contributed by atoms with Crippen LogP contribution in [0.15, 0.2) is 17.0 Å². The number of nitrogens with zero attached hydrogens (tertiary/aromatic N) is 7. The third-order valence-corrected chi connectivity index (χ3v) is 10.2. The first-order valence-corrected chi connectivity index (χ1v) is 15.1. The average Bonchev–Trinajstić information content (AvgIpc) is 3.22. The minimum absolute atomic E-state index is 0.0702. The van der Waals surface area contributed by atoms with Crippen LogP contribution in [0.2, 0.25) is 0 Å². The summed E-state index contributed by atoms with van der Waals surface area (Å²) in [5, 5.41) is 12.1. The Labute approximate surface area is 233 Å². The number of halogens is 2. The van der Waals surface area contributed by atoms with Gasteiger partial charge in [0.05, 0.1) is 35.0 Å². The number of aryl methyl sites for hydroxylation is 1. The Morgan fingerprint density at radius 1 is 1.25 bits per heavy atom. The molecule has 1 saturated carbocycles. The lowest BCUT2D eigenvalue weighted by atomic mass is 10.1. The van der Waals surface area contributed by atoms with Gasteiger partial charge >= 0.3 is 0 Å². The lowest BCUT2D eigenvalue weighted by Crippen LogP contribution is -2.58. The first kappa shape index (κ1) is 26.9. The molecule has 1 amide bonds. The monoisotopic (exact) mass is 591 g/mol. The van der Waals surface area contributed by atoms with Crippen LogP contribution >= 0.6 is 11.3 Å². The highest BCUT2D eigenvalue weighted by atomic mass is 32.2. The van der Waals surface area contributed by atoms with E-state index in [1.54, 1.807) is 24.7 Å². The zero-order valence-corrected chi connectivity index (χ0v) is 23.3. The van der Waals surface area contributed by atoms with Crippen molar-refractivity contribution in [1.29, 1.82) is 0 Å². The van der Waals surface area contributed by atoms with Gasteiger partial charge in [0.15, 0.2) is 10.0 Å². The third-order valence-electron chi connectivity index (χ3n) is 7.76. The summed E-state index contributed by atoms with van der Waals surface area (Å²) in [6.07, 6.45) is -0.362. The smallest absolute Gasteiger partial charge is 0.299 e. The van der Waals surface area contributed by atoms with Gasteiger partial charge in [-0.05, 0) is 31.9 Å². The number of piperazine rings is 1. The van der Waals surface area contributed by atoms with E-state index in [0.717, 1.165) is 12.8 Å². The number of carbonyl (C=O) groups is 1. The summed E-state index contributed by atoms with van der Waals surface area (Å²) in [6, 6.07) is 2.20. The van der Waals surface area contributed by atoms with E-state index in [2.05, 4.69) is 24.9 Å². The average molecular weight is 592 g/mol. The van der Waals surface area contributed by atoms with Crippen molar-refractivity contribution in [1.82, 2.24) is 29.6 Å². The van der Waals surface area contributed by atoms with E-state index >= 15 is 0 Å². The van der Waals surface area contributed by atoms with Crippen molar-refractivity contribution < 1.29 is 22.0 Å². The van der Waals surface area contributed by atoms with E-state index in [1.807, 2.05) is 9.80 Å². The lowest BCUT2D eigenvalue weighted by molar-refractivity contribution is -0.135. The molecule has 3 aliphatic rings. The molecule has 3 N–H and O–H groups in total. The van der Waals surface area contributed by atoms with Crippen LogP contribution in [0.25, 0.3) is 26.4 Å². The van der Waals surface area contributed by atoms with Crippen LogP contribution < -0.4 is 15.4 Å². The van der Waals surface area contributed by atoms with Gasteiger partial charge in [-0.15, -0.1) is 14.9 Å². The maximum Gasteiger partial charge on any atom is 0.299 e. The number of carbonyl (C=O) groups excluding carboxylic acids is 1. The number of aromatic nitrogens is 4. The number of alkyl halides is 2. The third kappa shape index (κ3) is 4.41. The van der Waals surface area contributed by atoms with Crippen LogP contribution in [-0.2, 0) is 21.9 Å². The van der Waals surface area contributed by atoms with Crippen molar-refractivity contribution in [3.8, 4) is 10.7 Å². The molecular formula is C24H27F2N9O3S2. The molecule has 3 atom stereocenters. The molecule has 2 unspecified atom stereocenters. The van der Waals surface area contributed by atoms with E-state index in [9.17, 15) is 22.0 Å². The summed E-state index contributed by atoms with van der Waals surface area (Å²) in [5.41, 5.74) is 6.17. The van der Waals surface area contributed by atoms with Crippen molar-refractivity contribution in [3.05, 3.63) is 28.6 Å². The van der Waals surface area contributed by atoms with Crippen LogP contribution in [0.5, 0.6) is 0 Å². The first-order valence-electron chi connectivity index (χ1n) is 12.8. The van der Waals surface area contributed by atoms with Gasteiger partial charge in [0.1, 0.15) is 5.69 Å². The Bertz CT molecular complexity index is 1650. The fourth-order valence-electron chi connectivity index (χ4n) is 5.70. The van der Waals surface area contributed by atoms with Gasteiger partial charge in [0.2, 0.25) is 15.9 Å². The zero-order chi connectivity index (χ0) is 28.6. The van der Waals surface area contributed by atoms with Crippen molar-refractivity contribution in [2.45, 2.75) is 67.7 Å². The zero-order valence-electron chi connectivity index (χ0n) is 21.7. The van der Waals surface area contributed by atoms with Gasteiger partial charge in [-0.2, -0.15) is 5.10 Å². The SMILES string of the molecule is [C-]#[N+]C1(NS(=O)(=O)c2cc(N3CC4CCC(C3)N4C(=O)[C@H](C)N)c3c(c2)c(-c2nnc(C(F)F)s2)nn3C)CC1. The second-order valence-corrected chi connectivity index (χ2v) is 13.3. The largest absolute Gasteiger partial charge is 0.366 e. The van der Waals surface area contributed by atoms with Crippen LogP contribution in [-0.4, -0.2) is 76.1 Å². The predicted octanol–water partition coefficient (Wildman–Crippen LogP) is 2.24. The van der Waals surface area contributed by atoms with E-state index in [1.165, 1.54) is 6.07 Å². The molecule has 3 aromatic rings. The molecule has 4 heterocycles. The lowest BCUT2D eigenvalue weighted by Gasteiger charge is -2.43. The number of amides is 1. The Morgan fingerprint density at radius 3 is 2.48 bits per heavy atom. The Morgan fingerprint density at radius 2 is 1.93 bits per heavy atom. The molecule has 6 rings (SSSR count). The molecule has 16 heteroatoms. The molecule has 2 saturated heterocycles. The van der Waals surface area contributed by atoms with Gasteiger partial charge in [-0.3, -0.25) is 14.3 Å². The maximum atomic E-state index is 13.5. The number of rotatable bonds is 7. The maximum absolute atomic E-state index is 13.5. The summed E-state index contributed by atoms with van der Waals surface area (Å²) in [4.78, 5) is 20.1. The van der Waals surface area contributed by atoms with Gasteiger partial charge in [0, 0.05) is 37.6 Å². The minimum atomic E-state index is -4.13. The van der Waals surface area contributed by atoms with E-state index in [0.29, 0.717) is 53.9 Å². The topological polar surface area (TPSA) is 144 Å². The van der Waals surface area contributed by atoms with Gasteiger partial charge in [0.25, 0.3) is 12.1 Å². The highest BCUT2D eigenvalue weighted by molar-refractivity contribution is 7.89. The second kappa shape index (κ2) is 9.40. The molecule has 212 valence electrons. The van der Waals surface area contributed by atoms with Crippen molar-refractivity contribution in [2.24, 2.45) is 12.8 Å². The Kier molecular flexibility index (Phi) is 6.33. The molecule has 0 spiro atoms. The summed E-state index contributed by atoms with van der Waals surface area (Å²) < 4.78 is 57.8. The van der Waals surface area contributed by atoms with Gasteiger partial charge < -0.3 is 15.5 Å². The number of fused-ring (bicyclic) bond motifs is 3. The molecule has 1 aliphatic carbocycles. The van der Waals surface area contributed by atoms with Crippen LogP contribution in [0, 0.1) is 6.57 Å². The predicted molar refractivity (Wildman–Crippen MR) is 143 cm³/mol. The van der Waals surface area contributed by atoms with Gasteiger partial charge in [-0.1, -0.05) is 11.3 Å². The van der Waals surface area contributed by atoms with E-state index < -0.39 is 33.2 Å². The molecule has 12 nitrogen and oxygen atoms in total. The summed E-state index contributed by atoms with van der Waals surface area (Å²) in [6.45, 7) is 10.0. The Balaban J connectivity index is 1.48. The molecule has 2 aromatic heterocycles. The highest BCUT2D eigenvalue weighted by Gasteiger charge is 2.54. The second-order valence-electron chi connectivity index (χ2n) is 10.6. The summed E-state index contributed by atoms with van der Waals surface area (Å²) >= 11 is 0.695. The quantitative estimate of drug-likeness (QED) is 0.398. The number of hydrogen-bond donors (Lipinski definition) is 2. The molecule has 1 aromatic carbocycles. The summed E-state index contributed by atoms with van der Waals surface area (Å²) in [7, 11) is -2.43. The summed E-state index contributed by atoms with van der Waals surface area (Å²) in [5.74, 6) is -0.111. The first-order chi connectivity index (χ1) is 18.9. The standard InChI is InChI=1S/C24H27F2N9O3S2/c1-12(27)23(36)35-13-4-5-14(35)11-34(10-13)17-9-15(40(37,38)32-24(28-2)6-7-24)8-16-18(31-33(3)19(16)17)21-29-30-22(39-21)20(25)26/h8-9,12-14,20,32H,4-7,10-11,27H2,1,3H3/t12-,13?,14?/m0/s1. The highest BCUT2D eigenvalue weighted by Crippen LogP contribution is 2.42. The molecule has 2 aliphatic heterocycles. The fraction of sp³-hybridized carbons (Fsp3) is 0.542. The van der Waals surface area contributed by atoms with E-state index in [-0.39, 0.29) is 33.6 Å². The molecular weight excluding hydrogens is 564 g/mol. The molecule has 40 heavy (non-hydrogen) atoms.